The molecule has 0 saturated heterocycles. The lowest BCUT2D eigenvalue weighted by molar-refractivity contribution is -0.275. The summed E-state index contributed by atoms with van der Waals surface area (Å²) in [6.45, 7) is -2.05. The largest absolute Gasteiger partial charge is 0.573 e. The Labute approximate surface area is 127 Å². The lowest BCUT2D eigenvalue weighted by atomic mass is 10.0. The summed E-state index contributed by atoms with van der Waals surface area (Å²) in [5.74, 6) is -3.05. The molecule has 0 spiro atoms. The van der Waals surface area contributed by atoms with Gasteiger partial charge in [0.1, 0.15) is 0 Å². The Bertz CT molecular complexity index is 610. The first-order valence-corrected chi connectivity index (χ1v) is 6.10. The highest BCUT2D eigenvalue weighted by molar-refractivity contribution is 5.75. The van der Waals surface area contributed by atoms with Crippen molar-refractivity contribution in [2.75, 3.05) is 6.61 Å². The fourth-order valence-corrected chi connectivity index (χ4v) is 1.67. The maximum Gasteiger partial charge on any atom is 0.573 e. The normalized spacial score (nSPS) is 11.0. The van der Waals surface area contributed by atoms with Gasteiger partial charge in [0.05, 0.1) is 24.7 Å². The first-order valence-electron chi connectivity index (χ1n) is 6.10. The van der Waals surface area contributed by atoms with Crippen molar-refractivity contribution < 1.29 is 41.0 Å². The number of esters is 1. The average Bonchev–Trinajstić information content (AvgIpc) is 2.41. The summed E-state index contributed by atoms with van der Waals surface area (Å²) >= 11 is 0. The summed E-state index contributed by atoms with van der Waals surface area (Å²) in [7, 11) is 0. The van der Waals surface area contributed by atoms with Crippen LogP contribution in [0.15, 0.2) is 12.1 Å². The van der Waals surface area contributed by atoms with Crippen LogP contribution in [0.4, 0.5) is 22.0 Å². The summed E-state index contributed by atoms with van der Waals surface area (Å²) < 4.78 is 74.2. The van der Waals surface area contributed by atoms with E-state index in [4.69, 9.17) is 5.26 Å². The Morgan fingerprint density at radius 1 is 1.35 bits per heavy atom. The van der Waals surface area contributed by atoms with Crippen LogP contribution in [0.5, 0.6) is 11.5 Å². The Morgan fingerprint density at radius 3 is 2.48 bits per heavy atom. The van der Waals surface area contributed by atoms with Gasteiger partial charge in [-0.05, 0) is 19.1 Å². The second-order valence-electron chi connectivity index (χ2n) is 3.94. The topological polar surface area (TPSA) is 68.6 Å². The van der Waals surface area contributed by atoms with Gasteiger partial charge in [-0.25, -0.2) is 0 Å². The van der Waals surface area contributed by atoms with E-state index < -0.39 is 42.4 Å². The quantitative estimate of drug-likeness (QED) is 0.588. The van der Waals surface area contributed by atoms with Crippen LogP contribution < -0.4 is 9.47 Å². The van der Waals surface area contributed by atoms with Crippen LogP contribution in [-0.4, -0.2) is 25.6 Å². The SMILES string of the molecule is CCOC(=O)Cc1c(C#N)ccc(OC(F)(F)F)c1OC(F)F. The number of ether oxygens (including phenoxy) is 3. The molecule has 0 heterocycles. The van der Waals surface area contributed by atoms with Crippen molar-refractivity contribution in [2.24, 2.45) is 0 Å². The van der Waals surface area contributed by atoms with Crippen molar-refractivity contribution in [1.29, 1.82) is 5.26 Å². The van der Waals surface area contributed by atoms with Gasteiger partial charge in [0.2, 0.25) is 0 Å². The molecule has 0 N–H and O–H groups in total. The number of hydrogen-bond acceptors (Lipinski definition) is 5. The van der Waals surface area contributed by atoms with Crippen molar-refractivity contribution in [3.8, 4) is 17.6 Å². The second kappa shape index (κ2) is 7.62. The van der Waals surface area contributed by atoms with E-state index >= 15 is 0 Å². The summed E-state index contributed by atoms with van der Waals surface area (Å²) in [6.07, 6.45) is -5.90. The molecule has 0 aliphatic heterocycles. The predicted octanol–water partition coefficient (Wildman–Crippen LogP) is 3.16. The standard InChI is InChI=1S/C13H10F5NO4/c1-2-21-10(20)5-8-7(6-19)3-4-9(23-13(16,17)18)11(8)22-12(14)15/h3-4,12H,2,5H2,1H3. The highest BCUT2D eigenvalue weighted by atomic mass is 19.4. The van der Waals surface area contributed by atoms with E-state index in [2.05, 4.69) is 14.2 Å². The minimum atomic E-state index is -5.17. The molecular weight excluding hydrogens is 329 g/mol. The van der Waals surface area contributed by atoms with Crippen molar-refractivity contribution in [3.63, 3.8) is 0 Å². The number of carbonyl (C=O) groups excluding carboxylic acids is 1. The van der Waals surface area contributed by atoms with Gasteiger partial charge in [0.15, 0.2) is 11.5 Å². The van der Waals surface area contributed by atoms with Crippen molar-refractivity contribution >= 4 is 5.97 Å². The second-order valence-corrected chi connectivity index (χ2v) is 3.94. The summed E-state index contributed by atoms with van der Waals surface area (Å²) in [5.41, 5.74) is -0.795. The Hall–Kier alpha value is -2.57. The lowest BCUT2D eigenvalue weighted by Gasteiger charge is -2.17. The lowest BCUT2D eigenvalue weighted by Crippen LogP contribution is -2.19. The highest BCUT2D eigenvalue weighted by Crippen LogP contribution is 2.38. The van der Waals surface area contributed by atoms with Gasteiger partial charge in [-0.3, -0.25) is 4.79 Å². The van der Waals surface area contributed by atoms with Gasteiger partial charge in [-0.2, -0.15) is 14.0 Å². The van der Waals surface area contributed by atoms with Gasteiger partial charge in [0, 0.05) is 5.56 Å². The van der Waals surface area contributed by atoms with Crippen LogP contribution in [0.25, 0.3) is 0 Å². The molecule has 0 amide bonds. The minimum absolute atomic E-state index is 0.0372. The molecule has 0 atom stereocenters. The fraction of sp³-hybridized carbons (Fsp3) is 0.385. The first-order chi connectivity index (χ1) is 10.7. The number of carbonyl (C=O) groups is 1. The number of nitrogens with zero attached hydrogens (tertiary/aromatic N) is 1. The number of alkyl halides is 5. The summed E-state index contributed by atoms with van der Waals surface area (Å²) in [4.78, 5) is 11.5. The Balaban J connectivity index is 3.38. The van der Waals surface area contributed by atoms with Crippen LogP contribution >= 0.6 is 0 Å². The van der Waals surface area contributed by atoms with E-state index in [1.807, 2.05) is 0 Å². The van der Waals surface area contributed by atoms with E-state index in [-0.39, 0.29) is 12.2 Å². The molecular formula is C13H10F5NO4. The highest BCUT2D eigenvalue weighted by Gasteiger charge is 2.34. The van der Waals surface area contributed by atoms with E-state index in [9.17, 15) is 26.7 Å². The van der Waals surface area contributed by atoms with Gasteiger partial charge < -0.3 is 14.2 Å². The van der Waals surface area contributed by atoms with Gasteiger partial charge in [0.25, 0.3) is 0 Å². The monoisotopic (exact) mass is 339 g/mol. The molecule has 0 aromatic heterocycles. The van der Waals surface area contributed by atoms with Gasteiger partial charge in [-0.1, -0.05) is 0 Å². The molecule has 0 aliphatic carbocycles. The van der Waals surface area contributed by atoms with Crippen LogP contribution in [0.2, 0.25) is 0 Å². The zero-order valence-corrected chi connectivity index (χ0v) is 11.6. The molecule has 126 valence electrons. The third kappa shape index (κ3) is 5.61. The molecule has 1 rings (SSSR count). The third-order valence-electron chi connectivity index (χ3n) is 2.40. The Kier molecular flexibility index (Phi) is 6.12. The average molecular weight is 339 g/mol. The van der Waals surface area contributed by atoms with Crippen molar-refractivity contribution in [1.82, 2.24) is 0 Å². The van der Waals surface area contributed by atoms with E-state index in [0.717, 1.165) is 6.07 Å². The smallest absolute Gasteiger partial charge is 0.466 e. The van der Waals surface area contributed by atoms with Crippen LogP contribution in [-0.2, 0) is 16.0 Å². The molecule has 0 bridgehead atoms. The molecule has 1 aromatic carbocycles. The molecule has 10 heteroatoms. The molecule has 0 saturated carbocycles. The number of benzene rings is 1. The Morgan fingerprint density at radius 2 is 2.00 bits per heavy atom. The first kappa shape index (κ1) is 18.5. The molecule has 0 aliphatic rings. The maximum absolute atomic E-state index is 12.5. The third-order valence-corrected chi connectivity index (χ3v) is 2.40. The zero-order chi connectivity index (χ0) is 17.6. The van der Waals surface area contributed by atoms with E-state index in [1.165, 1.54) is 6.92 Å². The zero-order valence-electron chi connectivity index (χ0n) is 11.6. The van der Waals surface area contributed by atoms with Crippen molar-refractivity contribution in [2.45, 2.75) is 26.3 Å². The molecule has 0 unspecified atom stereocenters. The van der Waals surface area contributed by atoms with Crippen LogP contribution in [0, 0.1) is 11.3 Å². The van der Waals surface area contributed by atoms with Crippen LogP contribution in [0.1, 0.15) is 18.1 Å². The van der Waals surface area contributed by atoms with Crippen LogP contribution in [0.3, 0.4) is 0 Å². The predicted molar refractivity (Wildman–Crippen MR) is 64.8 cm³/mol. The molecule has 0 fully saturated rings. The summed E-state index contributed by atoms with van der Waals surface area (Å²) in [5, 5.41) is 8.94. The van der Waals surface area contributed by atoms with E-state index in [0.29, 0.717) is 6.07 Å². The minimum Gasteiger partial charge on any atom is -0.466 e. The number of halogens is 5. The van der Waals surface area contributed by atoms with Gasteiger partial charge >= 0.3 is 18.9 Å². The number of rotatable bonds is 6. The maximum atomic E-state index is 12.5. The molecule has 5 nitrogen and oxygen atoms in total. The fourth-order valence-electron chi connectivity index (χ4n) is 1.67. The van der Waals surface area contributed by atoms with Gasteiger partial charge in [-0.15, -0.1) is 13.2 Å². The molecule has 0 radical (unpaired) electrons. The summed E-state index contributed by atoms with van der Waals surface area (Å²) in [6, 6.07) is 3.13. The number of nitriles is 1. The van der Waals surface area contributed by atoms with Crippen molar-refractivity contribution in [3.05, 3.63) is 23.3 Å². The van der Waals surface area contributed by atoms with E-state index in [1.54, 1.807) is 6.07 Å². The molecule has 23 heavy (non-hydrogen) atoms. The molecule has 1 aromatic rings. The number of hydrogen-bond donors (Lipinski definition) is 0.